The van der Waals surface area contributed by atoms with Crippen LogP contribution in [0.5, 0.6) is 23.0 Å². The molecule has 0 saturated heterocycles. The number of benzene rings is 2. The Morgan fingerprint density at radius 1 is 0.875 bits per heavy atom. The molecule has 0 saturated carbocycles. The Labute approximate surface area is 187 Å². The maximum absolute atomic E-state index is 12.1. The molecule has 0 bridgehead atoms. The van der Waals surface area contributed by atoms with Crippen LogP contribution in [0, 0.1) is 0 Å². The summed E-state index contributed by atoms with van der Waals surface area (Å²) in [6, 6.07) is 12.5. The summed E-state index contributed by atoms with van der Waals surface area (Å²) < 4.78 is 20.9. The van der Waals surface area contributed by atoms with Gasteiger partial charge in [-0.1, -0.05) is 6.07 Å². The highest BCUT2D eigenvalue weighted by Gasteiger charge is 2.08. The second-order valence-electron chi connectivity index (χ2n) is 6.81. The SMILES string of the molecule is COc1ccc(OCC(=O)N/N=C(/C)CC(=O)NCCc2ccc(OC)c(OC)c2)cc1. The van der Waals surface area contributed by atoms with Gasteiger partial charge >= 0.3 is 0 Å². The van der Waals surface area contributed by atoms with E-state index in [1.165, 1.54) is 0 Å². The zero-order valence-corrected chi connectivity index (χ0v) is 18.8. The molecule has 0 aliphatic carbocycles. The topological polar surface area (TPSA) is 107 Å². The summed E-state index contributed by atoms with van der Waals surface area (Å²) in [6.45, 7) is 1.93. The fourth-order valence-electron chi connectivity index (χ4n) is 2.73. The minimum atomic E-state index is -0.422. The molecule has 0 spiro atoms. The number of nitrogens with one attached hydrogen (secondary N) is 2. The van der Waals surface area contributed by atoms with Gasteiger partial charge in [0.25, 0.3) is 5.91 Å². The summed E-state index contributed by atoms with van der Waals surface area (Å²) in [4.78, 5) is 24.0. The van der Waals surface area contributed by atoms with E-state index in [1.54, 1.807) is 52.5 Å². The van der Waals surface area contributed by atoms with Crippen LogP contribution in [0.15, 0.2) is 47.6 Å². The highest BCUT2D eigenvalue weighted by molar-refractivity contribution is 6.00. The maximum atomic E-state index is 12.1. The summed E-state index contributed by atoms with van der Waals surface area (Å²) in [5.74, 6) is 1.93. The van der Waals surface area contributed by atoms with E-state index in [0.717, 1.165) is 5.56 Å². The van der Waals surface area contributed by atoms with Crippen molar-refractivity contribution in [1.29, 1.82) is 0 Å². The molecular weight excluding hydrogens is 414 g/mol. The summed E-state index contributed by atoms with van der Waals surface area (Å²) in [5.41, 5.74) is 3.87. The van der Waals surface area contributed by atoms with Gasteiger partial charge in [-0.15, -0.1) is 0 Å². The van der Waals surface area contributed by atoms with Gasteiger partial charge in [0, 0.05) is 12.3 Å². The third kappa shape index (κ3) is 8.17. The zero-order valence-electron chi connectivity index (χ0n) is 18.8. The van der Waals surface area contributed by atoms with Crippen molar-refractivity contribution in [2.24, 2.45) is 5.10 Å². The van der Waals surface area contributed by atoms with E-state index in [0.29, 0.717) is 41.7 Å². The van der Waals surface area contributed by atoms with Gasteiger partial charge in [0.05, 0.1) is 27.8 Å². The van der Waals surface area contributed by atoms with Crippen molar-refractivity contribution in [3.05, 3.63) is 48.0 Å². The first-order chi connectivity index (χ1) is 15.4. The molecule has 2 rings (SSSR count). The predicted octanol–water partition coefficient (Wildman–Crippen LogP) is 2.33. The van der Waals surface area contributed by atoms with Crippen LogP contribution < -0.4 is 29.7 Å². The number of carbonyl (C=O) groups is 2. The van der Waals surface area contributed by atoms with Crippen molar-refractivity contribution in [3.63, 3.8) is 0 Å². The van der Waals surface area contributed by atoms with E-state index >= 15 is 0 Å². The average molecular weight is 444 g/mol. The minimum Gasteiger partial charge on any atom is -0.497 e. The highest BCUT2D eigenvalue weighted by atomic mass is 16.5. The van der Waals surface area contributed by atoms with E-state index in [2.05, 4.69) is 15.8 Å². The Balaban J connectivity index is 1.69. The molecule has 0 fully saturated rings. The largest absolute Gasteiger partial charge is 0.497 e. The number of hydrogen-bond acceptors (Lipinski definition) is 7. The molecule has 0 radical (unpaired) electrons. The molecule has 172 valence electrons. The molecule has 9 heteroatoms. The van der Waals surface area contributed by atoms with Gasteiger partial charge in [-0.2, -0.15) is 5.10 Å². The molecule has 0 heterocycles. The Hall–Kier alpha value is -3.75. The first-order valence-corrected chi connectivity index (χ1v) is 10.0. The van der Waals surface area contributed by atoms with Gasteiger partial charge in [0.15, 0.2) is 18.1 Å². The van der Waals surface area contributed by atoms with Gasteiger partial charge in [0.2, 0.25) is 5.91 Å². The number of rotatable bonds is 12. The lowest BCUT2D eigenvalue weighted by Gasteiger charge is -2.10. The highest BCUT2D eigenvalue weighted by Crippen LogP contribution is 2.27. The Morgan fingerprint density at radius 3 is 2.22 bits per heavy atom. The lowest BCUT2D eigenvalue weighted by molar-refractivity contribution is -0.123. The van der Waals surface area contributed by atoms with E-state index in [4.69, 9.17) is 18.9 Å². The van der Waals surface area contributed by atoms with Crippen molar-refractivity contribution in [2.45, 2.75) is 19.8 Å². The minimum absolute atomic E-state index is 0.0750. The number of hydrogen-bond donors (Lipinski definition) is 2. The van der Waals surface area contributed by atoms with Crippen molar-refractivity contribution in [3.8, 4) is 23.0 Å². The van der Waals surface area contributed by atoms with Crippen molar-refractivity contribution >= 4 is 17.5 Å². The van der Waals surface area contributed by atoms with Crippen molar-refractivity contribution in [1.82, 2.24) is 10.7 Å². The lowest BCUT2D eigenvalue weighted by atomic mass is 10.1. The molecule has 0 unspecified atom stereocenters. The van der Waals surface area contributed by atoms with Crippen LogP contribution in [0.3, 0.4) is 0 Å². The number of nitrogens with zero attached hydrogens (tertiary/aromatic N) is 1. The normalized spacial score (nSPS) is 10.8. The first kappa shape index (κ1) is 24.5. The summed E-state index contributed by atoms with van der Waals surface area (Å²) in [6.07, 6.45) is 0.716. The van der Waals surface area contributed by atoms with E-state index in [-0.39, 0.29) is 18.9 Å². The molecule has 9 nitrogen and oxygen atoms in total. The summed E-state index contributed by atoms with van der Waals surface area (Å²) in [7, 11) is 4.73. The van der Waals surface area contributed by atoms with Gasteiger partial charge in [-0.3, -0.25) is 9.59 Å². The summed E-state index contributed by atoms with van der Waals surface area (Å²) >= 11 is 0. The Bertz CT molecular complexity index is 928. The van der Waals surface area contributed by atoms with Crippen LogP contribution in [0.2, 0.25) is 0 Å². The van der Waals surface area contributed by atoms with Crippen LogP contribution in [-0.2, 0) is 16.0 Å². The molecule has 2 aromatic carbocycles. The second kappa shape index (κ2) is 12.8. The van der Waals surface area contributed by atoms with Crippen LogP contribution >= 0.6 is 0 Å². The molecule has 2 N–H and O–H groups in total. The Morgan fingerprint density at radius 2 is 1.56 bits per heavy atom. The second-order valence-corrected chi connectivity index (χ2v) is 6.81. The Kier molecular flexibility index (Phi) is 9.83. The van der Waals surface area contributed by atoms with E-state index < -0.39 is 5.91 Å². The molecule has 32 heavy (non-hydrogen) atoms. The lowest BCUT2D eigenvalue weighted by Crippen LogP contribution is -2.29. The molecule has 0 aliphatic heterocycles. The van der Waals surface area contributed by atoms with Crippen molar-refractivity contribution in [2.75, 3.05) is 34.5 Å². The van der Waals surface area contributed by atoms with Crippen molar-refractivity contribution < 1.29 is 28.5 Å². The smallest absolute Gasteiger partial charge is 0.277 e. The number of methoxy groups -OCH3 is 3. The van der Waals surface area contributed by atoms with Crippen LogP contribution in [-0.4, -0.2) is 52.0 Å². The first-order valence-electron chi connectivity index (χ1n) is 10.0. The van der Waals surface area contributed by atoms with Crippen LogP contribution in [0.25, 0.3) is 0 Å². The van der Waals surface area contributed by atoms with Gasteiger partial charge < -0.3 is 24.3 Å². The molecule has 2 aromatic rings. The fraction of sp³-hybridized carbons (Fsp3) is 0.348. The molecule has 0 atom stereocenters. The third-order valence-corrected chi connectivity index (χ3v) is 4.40. The van der Waals surface area contributed by atoms with E-state index in [1.807, 2.05) is 18.2 Å². The molecule has 0 aliphatic rings. The number of carbonyl (C=O) groups excluding carboxylic acids is 2. The van der Waals surface area contributed by atoms with Gasteiger partial charge in [-0.05, 0) is 55.3 Å². The quantitative estimate of drug-likeness (QED) is 0.385. The van der Waals surface area contributed by atoms with Gasteiger partial charge in [-0.25, -0.2) is 5.43 Å². The monoisotopic (exact) mass is 443 g/mol. The fourth-order valence-corrected chi connectivity index (χ4v) is 2.73. The molecule has 2 amide bonds. The van der Waals surface area contributed by atoms with Crippen LogP contribution in [0.4, 0.5) is 0 Å². The number of hydrazone groups is 1. The third-order valence-electron chi connectivity index (χ3n) is 4.40. The predicted molar refractivity (Wildman–Crippen MR) is 121 cm³/mol. The van der Waals surface area contributed by atoms with E-state index in [9.17, 15) is 9.59 Å². The maximum Gasteiger partial charge on any atom is 0.277 e. The average Bonchev–Trinajstić information content (AvgIpc) is 2.81. The van der Waals surface area contributed by atoms with Crippen LogP contribution in [0.1, 0.15) is 18.9 Å². The molecular formula is C23H29N3O6. The van der Waals surface area contributed by atoms with Gasteiger partial charge in [0.1, 0.15) is 11.5 Å². The number of amides is 2. The standard InChI is InChI=1S/C23H29N3O6/c1-16(25-26-23(28)15-32-19-8-6-18(29-2)7-9-19)13-22(27)24-12-11-17-5-10-20(30-3)21(14-17)31-4/h5-10,14H,11-13,15H2,1-4H3,(H,24,27)(H,26,28)/b25-16-. The summed E-state index contributed by atoms with van der Waals surface area (Å²) in [5, 5.41) is 6.77. The zero-order chi connectivity index (χ0) is 23.3. The number of ether oxygens (including phenoxy) is 4. The molecule has 0 aromatic heterocycles.